The van der Waals surface area contributed by atoms with E-state index in [0.717, 1.165) is 0 Å². The van der Waals surface area contributed by atoms with Crippen LogP contribution in [0, 0.1) is 11.3 Å². The number of carbonyl (C=O) groups excluding carboxylic acids is 2. The van der Waals surface area contributed by atoms with Gasteiger partial charge in [0, 0.05) is 12.3 Å². The van der Waals surface area contributed by atoms with E-state index < -0.39 is 5.41 Å². The van der Waals surface area contributed by atoms with Crippen LogP contribution in [0.4, 0.5) is 0 Å². The summed E-state index contributed by atoms with van der Waals surface area (Å²) in [5.41, 5.74) is -0.824. The number of amides is 1. The Hall–Kier alpha value is -1.16. The minimum absolute atomic E-state index is 0.0331. The molecule has 17 heavy (non-hydrogen) atoms. The second kappa shape index (κ2) is 2.99. The SMILES string of the molecule is CC1(C)CO[C@@H]2[C@H]3CC(=O)C=C[C@@]3(C)C(=O)N21. The molecular formula is C13H17NO3. The zero-order valence-corrected chi connectivity index (χ0v) is 10.4. The fourth-order valence-electron chi connectivity index (χ4n) is 3.24. The monoisotopic (exact) mass is 235 g/mol. The molecule has 4 nitrogen and oxygen atoms in total. The predicted molar refractivity (Wildman–Crippen MR) is 61.0 cm³/mol. The van der Waals surface area contributed by atoms with Crippen LogP contribution < -0.4 is 0 Å². The highest BCUT2D eigenvalue weighted by Crippen LogP contribution is 2.51. The first kappa shape index (κ1) is 11.0. The summed E-state index contributed by atoms with van der Waals surface area (Å²) in [6, 6.07) is 0. The second-order valence-corrected chi connectivity index (χ2v) is 6.08. The first-order valence-corrected chi connectivity index (χ1v) is 6.04. The number of fused-ring (bicyclic) bond motifs is 3. The van der Waals surface area contributed by atoms with Crippen molar-refractivity contribution in [2.75, 3.05) is 6.61 Å². The summed E-state index contributed by atoms with van der Waals surface area (Å²) in [7, 11) is 0. The lowest BCUT2D eigenvalue weighted by Gasteiger charge is -2.31. The van der Waals surface area contributed by atoms with Crippen molar-refractivity contribution in [1.82, 2.24) is 4.90 Å². The van der Waals surface area contributed by atoms with E-state index in [4.69, 9.17) is 4.74 Å². The molecule has 0 aromatic carbocycles. The van der Waals surface area contributed by atoms with Gasteiger partial charge in [-0.3, -0.25) is 9.59 Å². The van der Waals surface area contributed by atoms with Crippen molar-refractivity contribution < 1.29 is 14.3 Å². The summed E-state index contributed by atoms with van der Waals surface area (Å²) < 4.78 is 5.76. The first-order chi connectivity index (χ1) is 7.86. The summed E-state index contributed by atoms with van der Waals surface area (Å²) in [4.78, 5) is 25.9. The Morgan fingerprint density at radius 2 is 2.06 bits per heavy atom. The van der Waals surface area contributed by atoms with Crippen LogP contribution in [0.3, 0.4) is 0 Å². The third kappa shape index (κ3) is 1.22. The van der Waals surface area contributed by atoms with Gasteiger partial charge in [0.25, 0.3) is 0 Å². The Morgan fingerprint density at radius 3 is 2.76 bits per heavy atom. The molecule has 2 heterocycles. The fraction of sp³-hybridized carbons (Fsp3) is 0.692. The van der Waals surface area contributed by atoms with Crippen molar-refractivity contribution in [1.29, 1.82) is 0 Å². The Labute approximate surface area is 101 Å². The molecule has 3 atom stereocenters. The number of allylic oxidation sites excluding steroid dienone is 1. The van der Waals surface area contributed by atoms with Crippen molar-refractivity contribution in [3.05, 3.63) is 12.2 Å². The zero-order chi connectivity index (χ0) is 12.4. The predicted octanol–water partition coefficient (Wildman–Crippen LogP) is 1.11. The smallest absolute Gasteiger partial charge is 0.235 e. The number of carbonyl (C=O) groups is 2. The van der Waals surface area contributed by atoms with Crippen LogP contribution in [-0.2, 0) is 14.3 Å². The van der Waals surface area contributed by atoms with Gasteiger partial charge in [0.05, 0.1) is 17.6 Å². The largest absolute Gasteiger partial charge is 0.355 e. The van der Waals surface area contributed by atoms with Crippen LogP contribution in [-0.4, -0.2) is 35.0 Å². The average molecular weight is 235 g/mol. The molecule has 0 unspecified atom stereocenters. The standard InChI is InChI=1S/C13H17NO3/c1-12(2)7-17-10-9-6-8(15)4-5-13(9,3)11(16)14(10)12/h4-5,9-10H,6-7H2,1-3H3/t9-,10-,13-/m1/s1. The maximum Gasteiger partial charge on any atom is 0.235 e. The molecule has 2 aliphatic heterocycles. The third-order valence-corrected chi connectivity index (χ3v) is 4.34. The van der Waals surface area contributed by atoms with Gasteiger partial charge in [0.2, 0.25) is 5.91 Å². The van der Waals surface area contributed by atoms with Gasteiger partial charge in [0.1, 0.15) is 6.23 Å². The van der Waals surface area contributed by atoms with Crippen molar-refractivity contribution in [2.24, 2.45) is 11.3 Å². The van der Waals surface area contributed by atoms with E-state index in [1.165, 1.54) is 0 Å². The van der Waals surface area contributed by atoms with Gasteiger partial charge in [-0.25, -0.2) is 0 Å². The average Bonchev–Trinajstić information content (AvgIpc) is 2.66. The van der Waals surface area contributed by atoms with Crippen molar-refractivity contribution in [3.8, 4) is 0 Å². The van der Waals surface area contributed by atoms with Gasteiger partial charge in [-0.15, -0.1) is 0 Å². The number of hydrogen-bond acceptors (Lipinski definition) is 3. The van der Waals surface area contributed by atoms with Crippen LogP contribution in [0.25, 0.3) is 0 Å². The highest BCUT2D eigenvalue weighted by atomic mass is 16.5. The molecule has 2 saturated heterocycles. The molecule has 0 spiro atoms. The van der Waals surface area contributed by atoms with Gasteiger partial charge in [-0.1, -0.05) is 6.08 Å². The molecular weight excluding hydrogens is 218 g/mol. The highest BCUT2D eigenvalue weighted by Gasteiger charge is 2.63. The molecule has 0 radical (unpaired) electrons. The Kier molecular flexibility index (Phi) is 1.93. The van der Waals surface area contributed by atoms with Gasteiger partial charge < -0.3 is 9.64 Å². The van der Waals surface area contributed by atoms with Crippen molar-refractivity contribution in [2.45, 2.75) is 39.0 Å². The van der Waals surface area contributed by atoms with E-state index in [-0.39, 0.29) is 29.4 Å². The van der Waals surface area contributed by atoms with Crippen LogP contribution in [0.5, 0.6) is 0 Å². The van der Waals surface area contributed by atoms with Gasteiger partial charge in [0.15, 0.2) is 5.78 Å². The number of hydrogen-bond donors (Lipinski definition) is 0. The topological polar surface area (TPSA) is 46.6 Å². The molecule has 0 aromatic rings. The maximum atomic E-state index is 12.5. The van der Waals surface area contributed by atoms with Crippen LogP contribution in [0.15, 0.2) is 12.2 Å². The van der Waals surface area contributed by atoms with Crippen LogP contribution >= 0.6 is 0 Å². The molecule has 1 amide bonds. The fourth-order valence-corrected chi connectivity index (χ4v) is 3.24. The lowest BCUT2D eigenvalue weighted by Crippen LogP contribution is -2.46. The maximum absolute atomic E-state index is 12.5. The number of ether oxygens (including phenoxy) is 1. The molecule has 3 aliphatic rings. The lowest BCUT2D eigenvalue weighted by atomic mass is 9.72. The van der Waals surface area contributed by atoms with E-state index in [1.54, 1.807) is 12.2 Å². The Morgan fingerprint density at radius 1 is 1.35 bits per heavy atom. The molecule has 1 aliphatic carbocycles. The van der Waals surface area contributed by atoms with Crippen molar-refractivity contribution in [3.63, 3.8) is 0 Å². The lowest BCUT2D eigenvalue weighted by molar-refractivity contribution is -0.138. The second-order valence-electron chi connectivity index (χ2n) is 6.08. The molecule has 0 N–H and O–H groups in total. The zero-order valence-electron chi connectivity index (χ0n) is 10.4. The summed E-state index contributed by atoms with van der Waals surface area (Å²) in [6.45, 7) is 6.49. The normalized spacial score (nSPS) is 42.9. The quantitative estimate of drug-likeness (QED) is 0.632. The van der Waals surface area contributed by atoms with Gasteiger partial charge >= 0.3 is 0 Å². The van der Waals surface area contributed by atoms with Gasteiger partial charge in [-0.05, 0) is 26.8 Å². The minimum atomic E-state index is -0.559. The number of nitrogens with zero attached hydrogens (tertiary/aromatic N) is 1. The summed E-state index contributed by atoms with van der Waals surface area (Å²) in [5, 5.41) is 0. The van der Waals surface area contributed by atoms with Crippen LogP contribution in [0.2, 0.25) is 0 Å². The molecule has 2 fully saturated rings. The summed E-state index contributed by atoms with van der Waals surface area (Å²) >= 11 is 0. The minimum Gasteiger partial charge on any atom is -0.355 e. The van der Waals surface area contributed by atoms with E-state index in [2.05, 4.69) is 0 Å². The Balaban J connectivity index is 2.07. The number of ketones is 1. The Bertz CT molecular complexity index is 440. The molecule has 92 valence electrons. The van der Waals surface area contributed by atoms with E-state index in [1.807, 2.05) is 25.7 Å². The summed E-state index contributed by atoms with van der Waals surface area (Å²) in [6.07, 6.45) is 3.50. The molecule has 4 heteroatoms. The van der Waals surface area contributed by atoms with Gasteiger partial charge in [-0.2, -0.15) is 0 Å². The molecule has 0 bridgehead atoms. The number of rotatable bonds is 0. The highest BCUT2D eigenvalue weighted by molar-refractivity contribution is 5.97. The van der Waals surface area contributed by atoms with Crippen molar-refractivity contribution >= 4 is 11.7 Å². The van der Waals surface area contributed by atoms with Crippen LogP contribution in [0.1, 0.15) is 27.2 Å². The molecule has 0 saturated carbocycles. The third-order valence-electron chi connectivity index (χ3n) is 4.34. The first-order valence-electron chi connectivity index (χ1n) is 6.04. The van der Waals surface area contributed by atoms with E-state index >= 15 is 0 Å². The van der Waals surface area contributed by atoms with E-state index in [9.17, 15) is 9.59 Å². The van der Waals surface area contributed by atoms with E-state index in [0.29, 0.717) is 13.0 Å². The molecule has 3 rings (SSSR count). The molecule has 0 aromatic heterocycles. The summed E-state index contributed by atoms with van der Waals surface area (Å²) in [5.74, 6) is 0.156.